The second-order valence-electron chi connectivity index (χ2n) is 6.40. The van der Waals surface area contributed by atoms with E-state index in [1.54, 1.807) is 18.2 Å². The molecular formula is C21H23N3O4. The van der Waals surface area contributed by atoms with Gasteiger partial charge in [-0.2, -0.15) is 0 Å². The lowest BCUT2D eigenvalue weighted by atomic mass is 10.2. The molecule has 0 radical (unpaired) electrons. The summed E-state index contributed by atoms with van der Waals surface area (Å²) in [5.74, 6) is 0.805. The van der Waals surface area contributed by atoms with E-state index in [4.69, 9.17) is 4.74 Å². The summed E-state index contributed by atoms with van der Waals surface area (Å²) in [6.45, 7) is 5.31. The van der Waals surface area contributed by atoms with E-state index in [0.29, 0.717) is 19.7 Å². The van der Waals surface area contributed by atoms with Crippen molar-refractivity contribution in [3.05, 3.63) is 70.3 Å². The number of hydrogen-bond donors (Lipinski definition) is 0. The molecular weight excluding hydrogens is 358 g/mol. The van der Waals surface area contributed by atoms with Crippen molar-refractivity contribution in [2.45, 2.75) is 6.92 Å². The summed E-state index contributed by atoms with van der Waals surface area (Å²) >= 11 is 0. The van der Waals surface area contributed by atoms with E-state index in [0.717, 1.165) is 30.1 Å². The van der Waals surface area contributed by atoms with Crippen LogP contribution in [0.3, 0.4) is 0 Å². The molecule has 1 heterocycles. The first-order chi connectivity index (χ1) is 13.6. The molecule has 0 N–H and O–H groups in total. The van der Waals surface area contributed by atoms with Crippen molar-refractivity contribution < 1.29 is 14.5 Å². The number of non-ortho nitro benzene ring substituents is 1. The Morgan fingerprint density at radius 3 is 2.43 bits per heavy atom. The second-order valence-corrected chi connectivity index (χ2v) is 6.40. The van der Waals surface area contributed by atoms with Crippen molar-refractivity contribution in [1.82, 2.24) is 4.90 Å². The zero-order valence-corrected chi connectivity index (χ0v) is 15.8. The van der Waals surface area contributed by atoms with Crippen LogP contribution in [0.1, 0.15) is 12.5 Å². The minimum atomic E-state index is -0.443. The minimum absolute atomic E-state index is 0.0342. The first kappa shape index (κ1) is 19.4. The highest BCUT2D eigenvalue weighted by atomic mass is 16.6. The number of ether oxygens (including phenoxy) is 1. The van der Waals surface area contributed by atoms with Crippen LogP contribution in [0.2, 0.25) is 0 Å². The van der Waals surface area contributed by atoms with Gasteiger partial charge in [0.05, 0.1) is 17.2 Å². The number of piperazine rings is 1. The van der Waals surface area contributed by atoms with Crippen molar-refractivity contribution in [2.75, 3.05) is 37.7 Å². The normalized spacial score (nSPS) is 14.3. The van der Waals surface area contributed by atoms with E-state index in [9.17, 15) is 14.9 Å². The van der Waals surface area contributed by atoms with Gasteiger partial charge in [-0.05, 0) is 42.8 Å². The SMILES string of the molecule is CCOc1ccccc1N1CCN(C(=O)C=Cc2ccc([N+](=O)[O-])cc2)CC1. The lowest BCUT2D eigenvalue weighted by molar-refractivity contribution is -0.384. The van der Waals surface area contributed by atoms with E-state index < -0.39 is 4.92 Å². The largest absolute Gasteiger partial charge is 0.492 e. The molecule has 1 aliphatic rings. The van der Waals surface area contributed by atoms with Gasteiger partial charge in [-0.3, -0.25) is 14.9 Å². The van der Waals surface area contributed by atoms with Crippen molar-refractivity contribution >= 4 is 23.4 Å². The van der Waals surface area contributed by atoms with E-state index in [-0.39, 0.29) is 11.6 Å². The zero-order valence-electron chi connectivity index (χ0n) is 15.8. The van der Waals surface area contributed by atoms with Gasteiger partial charge in [-0.1, -0.05) is 12.1 Å². The highest BCUT2D eigenvalue weighted by Crippen LogP contribution is 2.28. The summed E-state index contributed by atoms with van der Waals surface area (Å²) in [4.78, 5) is 26.7. The van der Waals surface area contributed by atoms with Gasteiger partial charge in [0.1, 0.15) is 5.75 Å². The Labute approximate surface area is 164 Å². The Kier molecular flexibility index (Phi) is 6.26. The summed E-state index contributed by atoms with van der Waals surface area (Å²) in [7, 11) is 0. The maximum Gasteiger partial charge on any atom is 0.269 e. The minimum Gasteiger partial charge on any atom is -0.492 e. The van der Waals surface area contributed by atoms with Crippen LogP contribution in [0.5, 0.6) is 5.75 Å². The standard InChI is InChI=1S/C21H23N3O4/c1-2-28-20-6-4-3-5-19(20)22-13-15-23(16-14-22)21(25)12-9-17-7-10-18(11-8-17)24(26)27/h3-12H,2,13-16H2,1H3. The molecule has 28 heavy (non-hydrogen) atoms. The number of para-hydroxylation sites is 2. The molecule has 1 aliphatic heterocycles. The number of anilines is 1. The Morgan fingerprint density at radius 2 is 1.79 bits per heavy atom. The van der Waals surface area contributed by atoms with Gasteiger partial charge < -0.3 is 14.5 Å². The number of carbonyl (C=O) groups is 1. The molecule has 7 heteroatoms. The molecule has 1 saturated heterocycles. The molecule has 2 aromatic rings. The number of nitro groups is 1. The average molecular weight is 381 g/mol. The smallest absolute Gasteiger partial charge is 0.269 e. The zero-order chi connectivity index (χ0) is 19.9. The van der Waals surface area contributed by atoms with Crippen molar-refractivity contribution in [3.8, 4) is 5.75 Å². The Bertz CT molecular complexity index is 856. The fourth-order valence-electron chi connectivity index (χ4n) is 3.14. The van der Waals surface area contributed by atoms with Gasteiger partial charge in [0, 0.05) is 44.4 Å². The van der Waals surface area contributed by atoms with Crippen LogP contribution in [0.4, 0.5) is 11.4 Å². The molecule has 0 spiro atoms. The third-order valence-corrected chi connectivity index (χ3v) is 4.62. The molecule has 0 saturated carbocycles. The molecule has 0 aliphatic carbocycles. The van der Waals surface area contributed by atoms with Gasteiger partial charge in [0.15, 0.2) is 0 Å². The van der Waals surface area contributed by atoms with Gasteiger partial charge in [0.2, 0.25) is 5.91 Å². The predicted molar refractivity (Wildman–Crippen MR) is 109 cm³/mol. The van der Waals surface area contributed by atoms with E-state index in [2.05, 4.69) is 4.90 Å². The summed E-state index contributed by atoms with van der Waals surface area (Å²) in [5.41, 5.74) is 1.84. The third kappa shape index (κ3) is 4.68. The summed E-state index contributed by atoms with van der Waals surface area (Å²) in [5, 5.41) is 10.7. The fourth-order valence-corrected chi connectivity index (χ4v) is 3.14. The number of amides is 1. The molecule has 0 unspecified atom stereocenters. The fraction of sp³-hybridized carbons (Fsp3) is 0.286. The number of rotatable bonds is 6. The number of nitro benzene ring substituents is 1. The molecule has 2 aromatic carbocycles. The first-order valence-electron chi connectivity index (χ1n) is 9.26. The average Bonchev–Trinajstić information content (AvgIpc) is 2.73. The van der Waals surface area contributed by atoms with Gasteiger partial charge in [-0.25, -0.2) is 0 Å². The molecule has 3 rings (SSSR count). The number of benzene rings is 2. The van der Waals surface area contributed by atoms with Gasteiger partial charge in [-0.15, -0.1) is 0 Å². The van der Waals surface area contributed by atoms with E-state index >= 15 is 0 Å². The number of nitrogens with zero attached hydrogens (tertiary/aromatic N) is 3. The van der Waals surface area contributed by atoms with Gasteiger partial charge in [0.25, 0.3) is 5.69 Å². The quantitative estimate of drug-likeness (QED) is 0.436. The molecule has 1 amide bonds. The maximum absolute atomic E-state index is 12.4. The van der Waals surface area contributed by atoms with Crippen molar-refractivity contribution in [3.63, 3.8) is 0 Å². The van der Waals surface area contributed by atoms with Crippen LogP contribution >= 0.6 is 0 Å². The lowest BCUT2D eigenvalue weighted by Crippen LogP contribution is -2.48. The Morgan fingerprint density at radius 1 is 1.11 bits per heavy atom. The van der Waals surface area contributed by atoms with Crippen LogP contribution in [0, 0.1) is 10.1 Å². The number of hydrogen-bond acceptors (Lipinski definition) is 5. The number of carbonyl (C=O) groups excluding carboxylic acids is 1. The molecule has 0 aromatic heterocycles. The van der Waals surface area contributed by atoms with E-state index in [1.807, 2.05) is 36.1 Å². The molecule has 0 atom stereocenters. The predicted octanol–water partition coefficient (Wildman–Crippen LogP) is 3.36. The molecule has 0 bridgehead atoms. The van der Waals surface area contributed by atoms with Crippen LogP contribution in [-0.2, 0) is 4.79 Å². The Balaban J connectivity index is 1.57. The summed E-state index contributed by atoms with van der Waals surface area (Å²) in [6.07, 6.45) is 3.20. The van der Waals surface area contributed by atoms with Gasteiger partial charge >= 0.3 is 0 Å². The third-order valence-electron chi connectivity index (χ3n) is 4.62. The highest BCUT2D eigenvalue weighted by Gasteiger charge is 2.21. The monoisotopic (exact) mass is 381 g/mol. The van der Waals surface area contributed by atoms with Crippen LogP contribution in [-0.4, -0.2) is 48.5 Å². The van der Waals surface area contributed by atoms with Crippen molar-refractivity contribution in [2.24, 2.45) is 0 Å². The van der Waals surface area contributed by atoms with Crippen LogP contribution in [0.15, 0.2) is 54.6 Å². The Hall–Kier alpha value is -3.35. The first-order valence-corrected chi connectivity index (χ1v) is 9.26. The van der Waals surface area contributed by atoms with Crippen LogP contribution < -0.4 is 9.64 Å². The lowest BCUT2D eigenvalue weighted by Gasteiger charge is -2.36. The summed E-state index contributed by atoms with van der Waals surface area (Å²) < 4.78 is 5.70. The van der Waals surface area contributed by atoms with Crippen LogP contribution in [0.25, 0.3) is 6.08 Å². The highest BCUT2D eigenvalue weighted by molar-refractivity contribution is 5.92. The molecule has 7 nitrogen and oxygen atoms in total. The van der Waals surface area contributed by atoms with Crippen molar-refractivity contribution in [1.29, 1.82) is 0 Å². The van der Waals surface area contributed by atoms with E-state index in [1.165, 1.54) is 18.2 Å². The molecule has 146 valence electrons. The second kappa shape index (κ2) is 9.03. The topological polar surface area (TPSA) is 75.9 Å². The maximum atomic E-state index is 12.4. The summed E-state index contributed by atoms with van der Waals surface area (Å²) in [6, 6.07) is 14.1. The molecule has 1 fully saturated rings.